The second kappa shape index (κ2) is 6.85. The zero-order valence-corrected chi connectivity index (χ0v) is 12.5. The van der Waals surface area contributed by atoms with E-state index in [0.717, 1.165) is 38.5 Å². The van der Waals surface area contributed by atoms with Crippen LogP contribution in [-0.2, 0) is 0 Å². The van der Waals surface area contributed by atoms with E-state index in [4.69, 9.17) is 0 Å². The standard InChI is InChI=1S/C15H22FN3O2/c1-11(2)17-9-12-5-4-8-18(10-12)14-7-3-6-13(16)15(14)19(20)21/h3,6-7,11-12,17H,4-5,8-10H2,1-2H3. The van der Waals surface area contributed by atoms with Gasteiger partial charge in [-0.15, -0.1) is 0 Å². The molecule has 0 amide bonds. The predicted octanol–water partition coefficient (Wildman–Crippen LogP) is 2.95. The number of anilines is 1. The summed E-state index contributed by atoms with van der Waals surface area (Å²) in [5.41, 5.74) is -0.00999. The SMILES string of the molecule is CC(C)NCC1CCCN(c2cccc(F)c2[N+](=O)[O-])C1. The molecule has 1 saturated heterocycles. The molecule has 2 rings (SSSR count). The van der Waals surface area contributed by atoms with Gasteiger partial charge in [-0.3, -0.25) is 10.1 Å². The summed E-state index contributed by atoms with van der Waals surface area (Å²) in [6, 6.07) is 4.74. The van der Waals surface area contributed by atoms with E-state index in [-0.39, 0.29) is 0 Å². The van der Waals surface area contributed by atoms with Crippen molar-refractivity contribution in [3.63, 3.8) is 0 Å². The molecule has 0 saturated carbocycles. The monoisotopic (exact) mass is 295 g/mol. The highest BCUT2D eigenvalue weighted by atomic mass is 19.1. The zero-order valence-electron chi connectivity index (χ0n) is 12.5. The lowest BCUT2D eigenvalue weighted by molar-refractivity contribution is -0.386. The fraction of sp³-hybridized carbons (Fsp3) is 0.600. The fourth-order valence-corrected chi connectivity index (χ4v) is 2.79. The maximum absolute atomic E-state index is 13.7. The van der Waals surface area contributed by atoms with Crippen molar-refractivity contribution in [2.24, 2.45) is 5.92 Å². The van der Waals surface area contributed by atoms with E-state index >= 15 is 0 Å². The number of hydrogen-bond acceptors (Lipinski definition) is 4. The molecule has 1 aliphatic rings. The first-order valence-corrected chi connectivity index (χ1v) is 7.40. The highest BCUT2D eigenvalue weighted by Crippen LogP contribution is 2.33. The summed E-state index contributed by atoms with van der Waals surface area (Å²) >= 11 is 0. The summed E-state index contributed by atoms with van der Waals surface area (Å²) in [4.78, 5) is 12.4. The normalized spacial score (nSPS) is 19.0. The van der Waals surface area contributed by atoms with Gasteiger partial charge in [-0.05, 0) is 37.4 Å². The quantitative estimate of drug-likeness (QED) is 0.670. The smallest absolute Gasteiger partial charge is 0.327 e. The fourth-order valence-electron chi connectivity index (χ4n) is 2.79. The van der Waals surface area contributed by atoms with Crippen molar-refractivity contribution < 1.29 is 9.31 Å². The van der Waals surface area contributed by atoms with Crippen LogP contribution in [0.3, 0.4) is 0 Å². The van der Waals surface area contributed by atoms with Gasteiger partial charge in [-0.25, -0.2) is 0 Å². The average molecular weight is 295 g/mol. The molecule has 1 N–H and O–H groups in total. The van der Waals surface area contributed by atoms with Crippen LogP contribution < -0.4 is 10.2 Å². The third-order valence-electron chi connectivity index (χ3n) is 3.82. The Morgan fingerprint density at radius 2 is 2.29 bits per heavy atom. The van der Waals surface area contributed by atoms with Crippen molar-refractivity contribution in [1.29, 1.82) is 0 Å². The van der Waals surface area contributed by atoms with Gasteiger partial charge in [-0.2, -0.15) is 4.39 Å². The third kappa shape index (κ3) is 3.91. The molecule has 1 aliphatic heterocycles. The number of nitrogens with one attached hydrogen (secondary N) is 1. The molecule has 0 radical (unpaired) electrons. The number of benzene rings is 1. The molecule has 1 fully saturated rings. The number of piperidine rings is 1. The van der Waals surface area contributed by atoms with Crippen molar-refractivity contribution in [3.8, 4) is 0 Å². The molecule has 116 valence electrons. The maximum Gasteiger partial charge on any atom is 0.327 e. The Kier molecular flexibility index (Phi) is 5.12. The van der Waals surface area contributed by atoms with Crippen LogP contribution in [0.25, 0.3) is 0 Å². The molecule has 21 heavy (non-hydrogen) atoms. The van der Waals surface area contributed by atoms with Gasteiger partial charge in [0.05, 0.1) is 4.92 Å². The third-order valence-corrected chi connectivity index (χ3v) is 3.82. The number of nitro benzene ring substituents is 1. The number of nitrogens with zero attached hydrogens (tertiary/aromatic N) is 2. The molecule has 1 atom stereocenters. The van der Waals surface area contributed by atoms with Crippen LogP contribution in [0.5, 0.6) is 0 Å². The van der Waals surface area contributed by atoms with Gasteiger partial charge < -0.3 is 10.2 Å². The lowest BCUT2D eigenvalue weighted by atomic mass is 9.97. The molecule has 1 unspecified atom stereocenters. The molecule has 0 aromatic heterocycles. The van der Waals surface area contributed by atoms with Crippen molar-refractivity contribution in [3.05, 3.63) is 34.1 Å². The lowest BCUT2D eigenvalue weighted by Gasteiger charge is -2.34. The molecule has 0 spiro atoms. The van der Waals surface area contributed by atoms with E-state index < -0.39 is 16.4 Å². The Balaban J connectivity index is 2.14. The van der Waals surface area contributed by atoms with Crippen LogP contribution >= 0.6 is 0 Å². The van der Waals surface area contributed by atoms with E-state index in [0.29, 0.717) is 17.6 Å². The first-order valence-electron chi connectivity index (χ1n) is 7.40. The molecule has 0 bridgehead atoms. The van der Waals surface area contributed by atoms with Gasteiger partial charge in [0.15, 0.2) is 0 Å². The largest absolute Gasteiger partial charge is 0.366 e. The summed E-state index contributed by atoms with van der Waals surface area (Å²) in [6.45, 7) is 6.54. The van der Waals surface area contributed by atoms with Gasteiger partial charge in [0, 0.05) is 19.1 Å². The maximum atomic E-state index is 13.7. The Morgan fingerprint density at radius 3 is 2.95 bits per heavy atom. The van der Waals surface area contributed by atoms with E-state index in [1.807, 2.05) is 4.90 Å². The minimum atomic E-state index is -0.764. The molecule has 5 nitrogen and oxygen atoms in total. The van der Waals surface area contributed by atoms with E-state index in [1.54, 1.807) is 6.07 Å². The minimum Gasteiger partial charge on any atom is -0.366 e. The van der Waals surface area contributed by atoms with E-state index in [9.17, 15) is 14.5 Å². The molecular formula is C15H22FN3O2. The molecule has 6 heteroatoms. The molecule has 1 aromatic carbocycles. The average Bonchev–Trinajstić information content (AvgIpc) is 2.44. The number of para-hydroxylation sites is 1. The number of nitro groups is 1. The summed E-state index contributed by atoms with van der Waals surface area (Å²) in [5.74, 6) is -0.330. The minimum absolute atomic E-state index is 0.397. The lowest BCUT2D eigenvalue weighted by Crippen LogP contribution is -2.41. The van der Waals surface area contributed by atoms with Crippen LogP contribution in [0.2, 0.25) is 0 Å². The van der Waals surface area contributed by atoms with Crippen molar-refractivity contribution in [2.75, 3.05) is 24.5 Å². The van der Waals surface area contributed by atoms with E-state index in [1.165, 1.54) is 6.07 Å². The van der Waals surface area contributed by atoms with Gasteiger partial charge >= 0.3 is 5.69 Å². The summed E-state index contributed by atoms with van der Waals surface area (Å²) in [5, 5.41) is 14.5. The first-order chi connectivity index (χ1) is 9.99. The van der Waals surface area contributed by atoms with Crippen LogP contribution in [0, 0.1) is 21.8 Å². The Labute approximate surface area is 124 Å². The van der Waals surface area contributed by atoms with Crippen molar-refractivity contribution >= 4 is 11.4 Å². The Morgan fingerprint density at radius 1 is 1.52 bits per heavy atom. The Hall–Kier alpha value is -1.69. The van der Waals surface area contributed by atoms with Gasteiger partial charge in [0.25, 0.3) is 0 Å². The van der Waals surface area contributed by atoms with Gasteiger partial charge in [0.2, 0.25) is 5.82 Å². The van der Waals surface area contributed by atoms with Crippen LogP contribution in [-0.4, -0.2) is 30.6 Å². The topological polar surface area (TPSA) is 58.4 Å². The highest BCUT2D eigenvalue weighted by molar-refractivity contribution is 5.64. The summed E-state index contributed by atoms with van der Waals surface area (Å²) in [7, 11) is 0. The second-order valence-corrected chi connectivity index (χ2v) is 5.88. The van der Waals surface area contributed by atoms with Crippen LogP contribution in [0.15, 0.2) is 18.2 Å². The summed E-state index contributed by atoms with van der Waals surface area (Å²) < 4.78 is 13.7. The predicted molar refractivity (Wildman–Crippen MR) is 81.1 cm³/mol. The molecule has 0 aliphatic carbocycles. The molecular weight excluding hydrogens is 273 g/mol. The zero-order chi connectivity index (χ0) is 15.4. The van der Waals surface area contributed by atoms with Crippen molar-refractivity contribution in [1.82, 2.24) is 5.32 Å². The highest BCUT2D eigenvalue weighted by Gasteiger charge is 2.28. The molecule has 1 aromatic rings. The van der Waals surface area contributed by atoms with Crippen LogP contribution in [0.1, 0.15) is 26.7 Å². The van der Waals surface area contributed by atoms with E-state index in [2.05, 4.69) is 19.2 Å². The van der Waals surface area contributed by atoms with Gasteiger partial charge in [-0.1, -0.05) is 19.9 Å². The summed E-state index contributed by atoms with van der Waals surface area (Å²) in [6.07, 6.45) is 2.07. The first kappa shape index (κ1) is 15.7. The number of hydrogen-bond donors (Lipinski definition) is 1. The molecule has 1 heterocycles. The van der Waals surface area contributed by atoms with Gasteiger partial charge in [0.1, 0.15) is 5.69 Å². The number of halogens is 1. The van der Waals surface area contributed by atoms with Crippen molar-refractivity contribution in [2.45, 2.75) is 32.7 Å². The van der Waals surface area contributed by atoms with Crippen LogP contribution in [0.4, 0.5) is 15.8 Å². The Bertz CT molecular complexity index is 508. The number of rotatable bonds is 5. The second-order valence-electron chi connectivity index (χ2n) is 5.88.